The fourth-order valence-corrected chi connectivity index (χ4v) is 4.23. The maximum absolute atomic E-state index is 13.3. The predicted octanol–water partition coefficient (Wildman–Crippen LogP) is 6.32. The average Bonchev–Trinajstić information content (AvgIpc) is 2.76. The van der Waals surface area contributed by atoms with Gasteiger partial charge in [0.05, 0.1) is 5.69 Å². The number of hydrogen-bond acceptors (Lipinski definition) is 3. The van der Waals surface area contributed by atoms with Gasteiger partial charge in [-0.05, 0) is 72.0 Å². The zero-order valence-corrected chi connectivity index (χ0v) is 20.5. The largest absolute Gasteiger partial charge is 0.335 e. The highest BCUT2D eigenvalue weighted by Crippen LogP contribution is 2.29. The van der Waals surface area contributed by atoms with Crippen molar-refractivity contribution in [1.29, 1.82) is 0 Å². The van der Waals surface area contributed by atoms with E-state index in [9.17, 15) is 14.4 Å². The van der Waals surface area contributed by atoms with Crippen LogP contribution in [0.4, 0.5) is 10.5 Å². The second-order valence-electron chi connectivity index (χ2n) is 7.50. The molecule has 1 fully saturated rings. The third-order valence-electron chi connectivity index (χ3n) is 5.26. The molecule has 8 heteroatoms. The molecular weight excluding hydrogens is 527 g/mol. The van der Waals surface area contributed by atoms with Crippen molar-refractivity contribution in [2.75, 3.05) is 4.90 Å². The summed E-state index contributed by atoms with van der Waals surface area (Å²) in [5.41, 5.74) is 3.34. The monoisotopic (exact) mass is 542 g/mol. The van der Waals surface area contributed by atoms with E-state index in [1.807, 2.05) is 49.4 Å². The number of amides is 4. The lowest BCUT2D eigenvalue weighted by Gasteiger charge is -2.26. The van der Waals surface area contributed by atoms with Crippen LogP contribution in [0.1, 0.15) is 22.3 Å². The molecule has 1 heterocycles. The summed E-state index contributed by atoms with van der Waals surface area (Å²) in [4.78, 5) is 39.3. The number of carbonyl (C=O) groups excluding carboxylic acids is 3. The molecule has 33 heavy (non-hydrogen) atoms. The maximum Gasteiger partial charge on any atom is 0.335 e. The van der Waals surface area contributed by atoms with Gasteiger partial charge < -0.3 is 0 Å². The minimum atomic E-state index is -0.826. The number of imide groups is 2. The molecular formula is C25H17BrCl2N2O3. The van der Waals surface area contributed by atoms with E-state index >= 15 is 0 Å². The Kier molecular flexibility index (Phi) is 6.70. The van der Waals surface area contributed by atoms with Gasteiger partial charge in [0, 0.05) is 14.5 Å². The van der Waals surface area contributed by atoms with Crippen molar-refractivity contribution in [3.05, 3.63) is 103 Å². The van der Waals surface area contributed by atoms with Gasteiger partial charge in [-0.25, -0.2) is 9.69 Å². The average molecular weight is 544 g/mol. The molecule has 3 aromatic carbocycles. The first-order valence-corrected chi connectivity index (χ1v) is 11.5. The van der Waals surface area contributed by atoms with E-state index in [1.165, 1.54) is 12.1 Å². The number of anilines is 1. The SMILES string of the molecule is Cc1ccc(N2C(=O)NC(=O)/C(=C\c3cc(Br)ccc3Cc3ccccc3Cl)C2=O)cc1Cl. The van der Waals surface area contributed by atoms with Crippen molar-refractivity contribution in [2.24, 2.45) is 0 Å². The molecule has 0 unspecified atom stereocenters. The number of aryl methyl sites for hydroxylation is 1. The fourth-order valence-electron chi connectivity index (χ4n) is 3.48. The van der Waals surface area contributed by atoms with Crippen LogP contribution in [-0.2, 0) is 16.0 Å². The first-order chi connectivity index (χ1) is 15.7. The van der Waals surface area contributed by atoms with E-state index in [4.69, 9.17) is 23.2 Å². The van der Waals surface area contributed by atoms with Crippen LogP contribution in [0.5, 0.6) is 0 Å². The molecule has 0 bridgehead atoms. The summed E-state index contributed by atoms with van der Waals surface area (Å²) in [6.07, 6.45) is 1.99. The van der Waals surface area contributed by atoms with Crippen molar-refractivity contribution in [3.8, 4) is 0 Å². The van der Waals surface area contributed by atoms with Gasteiger partial charge in [0.15, 0.2) is 0 Å². The lowest BCUT2D eigenvalue weighted by molar-refractivity contribution is -0.122. The van der Waals surface area contributed by atoms with E-state index in [0.717, 1.165) is 26.1 Å². The molecule has 1 aliphatic heterocycles. The Morgan fingerprint density at radius 3 is 2.42 bits per heavy atom. The summed E-state index contributed by atoms with van der Waals surface area (Å²) in [5, 5.41) is 3.27. The standard InChI is InChI=1S/C25H17BrCl2N2O3/c1-14-6-9-19(13-22(14)28)30-24(32)20(23(31)29-25(30)33)12-17-11-18(26)8-7-15(17)10-16-4-2-3-5-21(16)27/h2-9,11-13H,10H2,1H3,(H,29,31,33)/b20-12+. The van der Waals surface area contributed by atoms with Gasteiger partial charge >= 0.3 is 6.03 Å². The first-order valence-electron chi connectivity index (χ1n) is 9.94. The van der Waals surface area contributed by atoms with Crippen LogP contribution in [0.2, 0.25) is 10.0 Å². The Morgan fingerprint density at radius 1 is 0.939 bits per heavy atom. The zero-order valence-electron chi connectivity index (χ0n) is 17.4. The lowest BCUT2D eigenvalue weighted by atomic mass is 9.97. The van der Waals surface area contributed by atoms with Crippen molar-refractivity contribution in [2.45, 2.75) is 13.3 Å². The van der Waals surface area contributed by atoms with E-state index in [0.29, 0.717) is 22.0 Å². The molecule has 0 atom stereocenters. The van der Waals surface area contributed by atoms with Gasteiger partial charge in [0.2, 0.25) is 0 Å². The summed E-state index contributed by atoms with van der Waals surface area (Å²) in [5.74, 6) is -1.49. The second kappa shape index (κ2) is 9.51. The molecule has 0 radical (unpaired) electrons. The highest BCUT2D eigenvalue weighted by molar-refractivity contribution is 9.10. The van der Waals surface area contributed by atoms with Gasteiger partial charge in [-0.3, -0.25) is 14.9 Å². The van der Waals surface area contributed by atoms with E-state index < -0.39 is 17.8 Å². The Bertz CT molecular complexity index is 1340. The number of nitrogens with zero attached hydrogens (tertiary/aromatic N) is 1. The lowest BCUT2D eigenvalue weighted by Crippen LogP contribution is -2.54. The number of urea groups is 1. The first kappa shape index (κ1) is 23.2. The van der Waals surface area contributed by atoms with Gasteiger partial charge in [0.1, 0.15) is 5.57 Å². The van der Waals surface area contributed by atoms with Gasteiger partial charge in [-0.15, -0.1) is 0 Å². The van der Waals surface area contributed by atoms with Crippen molar-refractivity contribution < 1.29 is 14.4 Å². The summed E-state index contributed by atoms with van der Waals surface area (Å²) in [7, 11) is 0. The summed E-state index contributed by atoms with van der Waals surface area (Å²) < 4.78 is 0.777. The molecule has 0 saturated carbocycles. The van der Waals surface area contributed by atoms with Crippen LogP contribution in [0.15, 0.2) is 70.7 Å². The van der Waals surface area contributed by atoms with Crippen LogP contribution in [-0.4, -0.2) is 17.8 Å². The summed E-state index contributed by atoms with van der Waals surface area (Å²) in [6.45, 7) is 1.81. The number of hydrogen-bond donors (Lipinski definition) is 1. The molecule has 0 aliphatic carbocycles. The third-order valence-corrected chi connectivity index (χ3v) is 6.53. The molecule has 1 saturated heterocycles. The zero-order chi connectivity index (χ0) is 23.7. The molecule has 5 nitrogen and oxygen atoms in total. The molecule has 1 N–H and O–H groups in total. The number of barbiturate groups is 1. The molecule has 1 aliphatic rings. The summed E-state index contributed by atoms with van der Waals surface area (Å²) in [6, 6.07) is 17.1. The summed E-state index contributed by atoms with van der Waals surface area (Å²) >= 11 is 16.0. The van der Waals surface area contributed by atoms with Crippen LogP contribution >= 0.6 is 39.1 Å². The van der Waals surface area contributed by atoms with Crippen molar-refractivity contribution in [3.63, 3.8) is 0 Å². The highest BCUT2D eigenvalue weighted by Gasteiger charge is 2.37. The quantitative estimate of drug-likeness (QED) is 0.309. The number of rotatable bonds is 4. The molecule has 4 rings (SSSR count). The smallest absolute Gasteiger partial charge is 0.273 e. The van der Waals surface area contributed by atoms with E-state index in [2.05, 4.69) is 21.2 Å². The third kappa shape index (κ3) is 4.88. The second-order valence-corrected chi connectivity index (χ2v) is 9.23. The topological polar surface area (TPSA) is 66.5 Å². The Hall–Kier alpha value is -2.93. The Labute approximate surface area is 209 Å². The number of benzene rings is 3. The van der Waals surface area contributed by atoms with E-state index in [-0.39, 0.29) is 11.3 Å². The van der Waals surface area contributed by atoms with Crippen molar-refractivity contribution >= 4 is 68.7 Å². The Morgan fingerprint density at radius 2 is 1.70 bits per heavy atom. The number of nitrogens with one attached hydrogen (secondary N) is 1. The van der Waals surface area contributed by atoms with E-state index in [1.54, 1.807) is 12.1 Å². The van der Waals surface area contributed by atoms with Crippen molar-refractivity contribution in [1.82, 2.24) is 5.32 Å². The number of halogens is 3. The minimum absolute atomic E-state index is 0.162. The van der Waals surface area contributed by atoms with Crippen LogP contribution in [0.25, 0.3) is 6.08 Å². The van der Waals surface area contributed by atoms with Gasteiger partial charge in [-0.2, -0.15) is 0 Å². The normalized spacial score (nSPS) is 15.2. The molecule has 3 aromatic rings. The fraction of sp³-hybridized carbons (Fsp3) is 0.0800. The molecule has 0 aromatic heterocycles. The maximum atomic E-state index is 13.3. The predicted molar refractivity (Wildman–Crippen MR) is 134 cm³/mol. The molecule has 0 spiro atoms. The molecule has 166 valence electrons. The number of carbonyl (C=O) groups is 3. The molecule has 4 amide bonds. The highest BCUT2D eigenvalue weighted by atomic mass is 79.9. The Balaban J connectivity index is 1.76. The van der Waals surface area contributed by atoms with Gasteiger partial charge in [0.25, 0.3) is 11.8 Å². The van der Waals surface area contributed by atoms with Crippen LogP contribution < -0.4 is 10.2 Å². The van der Waals surface area contributed by atoms with Crippen LogP contribution in [0, 0.1) is 6.92 Å². The minimum Gasteiger partial charge on any atom is -0.273 e. The van der Waals surface area contributed by atoms with Gasteiger partial charge in [-0.1, -0.05) is 69.5 Å². The van der Waals surface area contributed by atoms with Crippen LogP contribution in [0.3, 0.4) is 0 Å².